The van der Waals surface area contributed by atoms with Crippen LogP contribution >= 0.6 is 11.6 Å². The van der Waals surface area contributed by atoms with Gasteiger partial charge in [-0.3, -0.25) is 4.98 Å². The zero-order valence-corrected chi connectivity index (χ0v) is 21.9. The second-order valence-corrected chi connectivity index (χ2v) is 9.81. The fourth-order valence-corrected chi connectivity index (χ4v) is 5.00. The lowest BCUT2D eigenvalue weighted by Crippen LogP contribution is -2.09. The van der Waals surface area contributed by atoms with E-state index in [0.29, 0.717) is 22.8 Å². The number of pyridine rings is 2. The van der Waals surface area contributed by atoms with E-state index >= 15 is 0 Å². The molecule has 0 fully saturated rings. The van der Waals surface area contributed by atoms with Crippen molar-refractivity contribution >= 4 is 34.2 Å². The Hall–Kier alpha value is -4.08. The molecule has 0 spiro atoms. The molecule has 2 aromatic heterocycles. The summed E-state index contributed by atoms with van der Waals surface area (Å²) >= 11 is 6.32. The molecule has 7 heteroatoms. The number of fused-ring (bicyclic) bond motifs is 2. The lowest BCUT2D eigenvalue weighted by atomic mass is 10.0. The highest BCUT2D eigenvalue weighted by molar-refractivity contribution is 6.31. The van der Waals surface area contributed by atoms with Crippen molar-refractivity contribution in [1.29, 1.82) is 0 Å². The van der Waals surface area contributed by atoms with Crippen molar-refractivity contribution in [3.05, 3.63) is 93.4 Å². The van der Waals surface area contributed by atoms with Gasteiger partial charge < -0.3 is 15.2 Å². The number of benzene rings is 2. The van der Waals surface area contributed by atoms with Gasteiger partial charge in [0.1, 0.15) is 12.3 Å². The summed E-state index contributed by atoms with van der Waals surface area (Å²) in [7, 11) is 0. The van der Waals surface area contributed by atoms with E-state index in [9.17, 15) is 9.90 Å². The first-order valence-corrected chi connectivity index (χ1v) is 13.1. The monoisotopic (exact) mass is 525 g/mol. The molecule has 38 heavy (non-hydrogen) atoms. The second kappa shape index (κ2) is 11.5. The molecular weight excluding hydrogens is 498 g/mol. The molecule has 0 bridgehead atoms. The minimum atomic E-state index is -1.15. The summed E-state index contributed by atoms with van der Waals surface area (Å²) in [5.74, 6) is 5.24. The van der Waals surface area contributed by atoms with Crippen LogP contribution in [0.1, 0.15) is 57.8 Å². The molecule has 0 unspecified atom stereocenters. The van der Waals surface area contributed by atoms with Gasteiger partial charge in [-0.1, -0.05) is 54.3 Å². The summed E-state index contributed by atoms with van der Waals surface area (Å²) in [5, 5.41) is 14.9. The average Bonchev–Trinajstić information content (AvgIpc) is 3.16. The number of hydrogen-bond donors (Lipinski definition) is 2. The van der Waals surface area contributed by atoms with Crippen LogP contribution in [0.5, 0.6) is 5.75 Å². The Morgan fingerprint density at radius 1 is 1.08 bits per heavy atom. The maximum Gasteiger partial charge on any atom is 0.358 e. The number of aryl methyl sites for hydroxylation is 2. The number of rotatable bonds is 6. The van der Waals surface area contributed by atoms with E-state index in [-0.39, 0.29) is 18.1 Å². The van der Waals surface area contributed by atoms with Crippen molar-refractivity contribution in [2.45, 2.75) is 45.6 Å². The molecule has 0 saturated heterocycles. The van der Waals surface area contributed by atoms with Crippen LogP contribution in [0.4, 0.5) is 5.69 Å². The maximum absolute atomic E-state index is 11.9. The van der Waals surface area contributed by atoms with E-state index in [1.165, 1.54) is 12.0 Å². The lowest BCUT2D eigenvalue weighted by molar-refractivity contribution is 0.0684. The zero-order chi connectivity index (χ0) is 26.5. The zero-order valence-electron chi connectivity index (χ0n) is 21.2. The number of nitrogens with one attached hydrogen (secondary N) is 1. The average molecular weight is 526 g/mol. The number of anilines is 1. The van der Waals surface area contributed by atoms with Crippen LogP contribution in [0.15, 0.2) is 54.6 Å². The predicted octanol–water partition coefficient (Wildman–Crippen LogP) is 6.60. The SMILES string of the molecule is Cc1cc(C#CCNc2c3c(nc4ccc(Cl)cc24)CCCCC3)nc(C(=O)O)c1OCc1ccccc1. The van der Waals surface area contributed by atoms with Crippen LogP contribution in [0.3, 0.4) is 0 Å². The Morgan fingerprint density at radius 2 is 1.89 bits per heavy atom. The number of aromatic nitrogens is 2. The highest BCUT2D eigenvalue weighted by Gasteiger charge is 2.19. The molecule has 5 rings (SSSR count). The number of nitrogens with zero attached hydrogens (tertiary/aromatic N) is 2. The van der Waals surface area contributed by atoms with Gasteiger partial charge in [-0.05, 0) is 79.5 Å². The standard InChI is InChI=1S/C31H28ClN3O3/c1-20-17-23(34-29(31(36)37)30(20)38-19-21-9-4-2-5-10-21)11-8-16-33-28-24-12-6-3-7-13-26(24)35-27-15-14-22(32)18-25(27)28/h2,4-5,9-10,14-15,17-18H,3,6-7,12-13,16,19H2,1H3,(H,33,35)(H,36,37). The number of carbonyl (C=O) groups is 1. The quantitative estimate of drug-likeness (QED) is 0.218. The van der Waals surface area contributed by atoms with Crippen molar-refractivity contribution in [3.63, 3.8) is 0 Å². The molecule has 0 atom stereocenters. The number of aromatic carboxylic acids is 1. The second-order valence-electron chi connectivity index (χ2n) is 9.37. The molecule has 4 aromatic rings. The van der Waals surface area contributed by atoms with Gasteiger partial charge in [0.2, 0.25) is 0 Å². The van der Waals surface area contributed by atoms with Gasteiger partial charge in [0.15, 0.2) is 11.4 Å². The molecule has 1 aliphatic carbocycles. The largest absolute Gasteiger partial charge is 0.486 e. The van der Waals surface area contributed by atoms with E-state index in [0.717, 1.165) is 53.5 Å². The first-order valence-electron chi connectivity index (χ1n) is 12.7. The molecule has 2 aromatic carbocycles. The summed E-state index contributed by atoms with van der Waals surface area (Å²) in [6.45, 7) is 2.43. The van der Waals surface area contributed by atoms with Gasteiger partial charge >= 0.3 is 5.97 Å². The maximum atomic E-state index is 11.9. The third-order valence-corrected chi connectivity index (χ3v) is 6.87. The topological polar surface area (TPSA) is 84.3 Å². The third-order valence-electron chi connectivity index (χ3n) is 6.63. The van der Waals surface area contributed by atoms with Crippen LogP contribution in [-0.2, 0) is 19.4 Å². The van der Waals surface area contributed by atoms with Crippen molar-refractivity contribution in [2.75, 3.05) is 11.9 Å². The molecule has 192 valence electrons. The fourth-order valence-electron chi connectivity index (χ4n) is 4.82. The minimum Gasteiger partial charge on any atom is -0.486 e. The van der Waals surface area contributed by atoms with Crippen molar-refractivity contribution in [1.82, 2.24) is 9.97 Å². The molecule has 0 amide bonds. The van der Waals surface area contributed by atoms with E-state index in [1.54, 1.807) is 13.0 Å². The Bertz CT molecular complexity index is 1560. The van der Waals surface area contributed by atoms with Gasteiger partial charge in [0, 0.05) is 21.8 Å². The minimum absolute atomic E-state index is 0.140. The van der Waals surface area contributed by atoms with Gasteiger partial charge in [0.25, 0.3) is 0 Å². The molecular formula is C31H28ClN3O3. The summed E-state index contributed by atoms with van der Waals surface area (Å²) in [4.78, 5) is 21.1. The van der Waals surface area contributed by atoms with Gasteiger partial charge in [-0.15, -0.1) is 0 Å². The Balaban J connectivity index is 1.38. The molecule has 0 aliphatic heterocycles. The lowest BCUT2D eigenvalue weighted by Gasteiger charge is -2.16. The Kier molecular flexibility index (Phi) is 7.76. The highest BCUT2D eigenvalue weighted by Crippen LogP contribution is 2.34. The Labute approximate surface area is 227 Å². The van der Waals surface area contributed by atoms with E-state index in [1.807, 2.05) is 48.5 Å². The first kappa shape index (κ1) is 25.6. The van der Waals surface area contributed by atoms with Gasteiger partial charge in [-0.25, -0.2) is 9.78 Å². The van der Waals surface area contributed by atoms with Crippen LogP contribution in [0.2, 0.25) is 5.02 Å². The first-order chi connectivity index (χ1) is 18.5. The summed E-state index contributed by atoms with van der Waals surface area (Å²) in [6, 6.07) is 17.1. The number of halogens is 1. The summed E-state index contributed by atoms with van der Waals surface area (Å²) in [5.41, 5.74) is 6.19. The molecule has 0 saturated carbocycles. The van der Waals surface area contributed by atoms with Gasteiger partial charge in [-0.2, -0.15) is 0 Å². The predicted molar refractivity (Wildman–Crippen MR) is 150 cm³/mol. The van der Waals surface area contributed by atoms with Gasteiger partial charge in [0.05, 0.1) is 12.1 Å². The number of carboxylic acids is 1. The third kappa shape index (κ3) is 5.74. The van der Waals surface area contributed by atoms with E-state index in [2.05, 4.69) is 22.1 Å². The number of ether oxygens (including phenoxy) is 1. The van der Waals surface area contributed by atoms with Crippen LogP contribution in [0.25, 0.3) is 10.9 Å². The smallest absolute Gasteiger partial charge is 0.358 e. The summed E-state index contributed by atoms with van der Waals surface area (Å²) < 4.78 is 5.85. The van der Waals surface area contributed by atoms with Crippen molar-refractivity contribution < 1.29 is 14.6 Å². The molecule has 2 heterocycles. The molecule has 2 N–H and O–H groups in total. The van der Waals surface area contributed by atoms with Crippen LogP contribution in [-0.4, -0.2) is 27.6 Å². The number of carboxylic acid groups (broad SMARTS) is 1. The summed E-state index contributed by atoms with van der Waals surface area (Å²) in [6.07, 6.45) is 5.39. The number of hydrogen-bond acceptors (Lipinski definition) is 5. The normalized spacial score (nSPS) is 12.7. The van der Waals surface area contributed by atoms with Crippen molar-refractivity contribution in [2.24, 2.45) is 0 Å². The van der Waals surface area contributed by atoms with Crippen LogP contribution < -0.4 is 10.1 Å². The fraction of sp³-hybridized carbons (Fsp3) is 0.258. The highest BCUT2D eigenvalue weighted by atomic mass is 35.5. The van der Waals surface area contributed by atoms with Crippen LogP contribution in [0, 0.1) is 18.8 Å². The van der Waals surface area contributed by atoms with Crippen molar-refractivity contribution in [3.8, 4) is 17.6 Å². The van der Waals surface area contributed by atoms with E-state index in [4.69, 9.17) is 21.3 Å². The molecule has 6 nitrogen and oxygen atoms in total. The Morgan fingerprint density at radius 3 is 2.71 bits per heavy atom. The molecule has 1 aliphatic rings. The van der Waals surface area contributed by atoms with E-state index < -0.39 is 5.97 Å². The molecule has 0 radical (unpaired) electrons.